The minimum atomic E-state index is -0.753. The maximum atomic E-state index is 13.1. The number of benzene rings is 1. The molecule has 23 heavy (non-hydrogen) atoms. The molecule has 0 fully saturated rings. The molecule has 3 nitrogen and oxygen atoms in total. The van der Waals surface area contributed by atoms with Crippen molar-refractivity contribution in [3.8, 4) is 18.0 Å². The van der Waals surface area contributed by atoms with E-state index in [0.29, 0.717) is 6.42 Å². The summed E-state index contributed by atoms with van der Waals surface area (Å²) in [5.74, 6) is 2.12. The number of terminal acetylenes is 1. The van der Waals surface area contributed by atoms with Gasteiger partial charge in [-0.2, -0.15) is 5.10 Å². The summed E-state index contributed by atoms with van der Waals surface area (Å²) >= 11 is 0. The third-order valence-corrected chi connectivity index (χ3v) is 4.68. The number of hydrogen-bond donors (Lipinski definition) is 1. The van der Waals surface area contributed by atoms with Crippen molar-refractivity contribution in [2.75, 3.05) is 0 Å². The van der Waals surface area contributed by atoms with Crippen molar-refractivity contribution >= 4 is 6.08 Å². The van der Waals surface area contributed by atoms with Crippen LogP contribution < -0.4 is 0 Å². The minimum absolute atomic E-state index is 0.185. The second kappa shape index (κ2) is 5.68. The highest BCUT2D eigenvalue weighted by Gasteiger charge is 2.34. The topological polar surface area (TPSA) is 38.1 Å². The first-order valence-corrected chi connectivity index (χ1v) is 7.59. The van der Waals surface area contributed by atoms with Crippen LogP contribution in [0.1, 0.15) is 31.5 Å². The molecular formula is C19H19FN2O. The molecular weight excluding hydrogens is 291 g/mol. The number of nitrogens with zero attached hydrogens (tertiary/aromatic N) is 2. The van der Waals surface area contributed by atoms with Gasteiger partial charge in [0.15, 0.2) is 0 Å². The van der Waals surface area contributed by atoms with E-state index in [1.807, 2.05) is 17.8 Å². The standard InChI is InChI=1S/C19H19FN2O/c1-4-17(23)11-19(3)10-14-12-21-22(18(14)9-13(19)2)16-7-5-15(20)6-8-16/h1,5-9,12,17,23H,10-11H2,2-3H3/t17?,19-/m1/s1. The zero-order valence-electron chi connectivity index (χ0n) is 13.3. The Balaban J connectivity index is 1.98. The van der Waals surface area contributed by atoms with E-state index in [2.05, 4.69) is 24.0 Å². The molecule has 0 saturated carbocycles. The van der Waals surface area contributed by atoms with Gasteiger partial charge in [0.1, 0.15) is 11.9 Å². The summed E-state index contributed by atoms with van der Waals surface area (Å²) in [6.45, 7) is 4.16. The molecule has 1 aliphatic carbocycles. The average molecular weight is 310 g/mol. The van der Waals surface area contributed by atoms with Gasteiger partial charge in [-0.25, -0.2) is 9.07 Å². The van der Waals surface area contributed by atoms with Gasteiger partial charge >= 0.3 is 0 Å². The highest BCUT2D eigenvalue weighted by Crippen LogP contribution is 2.42. The van der Waals surface area contributed by atoms with Gasteiger partial charge < -0.3 is 5.11 Å². The Hall–Kier alpha value is -2.38. The van der Waals surface area contributed by atoms with Crippen LogP contribution in [0, 0.1) is 23.6 Å². The molecule has 1 unspecified atom stereocenters. The highest BCUT2D eigenvalue weighted by atomic mass is 19.1. The Morgan fingerprint density at radius 2 is 2.13 bits per heavy atom. The molecule has 1 aromatic heterocycles. The predicted molar refractivity (Wildman–Crippen MR) is 88.4 cm³/mol. The Kier molecular flexibility index (Phi) is 3.83. The molecule has 0 aliphatic heterocycles. The monoisotopic (exact) mass is 310 g/mol. The molecule has 0 radical (unpaired) electrons. The Labute approximate surface area is 135 Å². The van der Waals surface area contributed by atoms with Crippen LogP contribution in [0.4, 0.5) is 4.39 Å². The van der Waals surface area contributed by atoms with Crippen LogP contribution in [0.25, 0.3) is 11.8 Å². The molecule has 2 atom stereocenters. The lowest BCUT2D eigenvalue weighted by atomic mass is 9.70. The van der Waals surface area contributed by atoms with Crippen LogP contribution in [-0.4, -0.2) is 21.0 Å². The SMILES string of the molecule is C#CC(O)C[C@@]1(C)Cc2cnn(-c3ccc(F)cc3)c2C=C1C. The summed E-state index contributed by atoms with van der Waals surface area (Å²) < 4.78 is 14.9. The summed E-state index contributed by atoms with van der Waals surface area (Å²) in [5, 5.41) is 14.3. The van der Waals surface area contributed by atoms with E-state index in [1.165, 1.54) is 12.1 Å². The third kappa shape index (κ3) is 2.80. The van der Waals surface area contributed by atoms with Gasteiger partial charge in [-0.15, -0.1) is 6.42 Å². The fourth-order valence-corrected chi connectivity index (χ4v) is 3.13. The van der Waals surface area contributed by atoms with E-state index >= 15 is 0 Å². The summed E-state index contributed by atoms with van der Waals surface area (Å²) in [7, 11) is 0. The van der Waals surface area contributed by atoms with Gasteiger partial charge in [-0.05, 0) is 61.1 Å². The number of aromatic nitrogens is 2. The van der Waals surface area contributed by atoms with Gasteiger partial charge in [-0.3, -0.25) is 0 Å². The van der Waals surface area contributed by atoms with Gasteiger partial charge in [-0.1, -0.05) is 18.4 Å². The number of aliphatic hydroxyl groups is 1. The average Bonchev–Trinajstić information content (AvgIpc) is 2.90. The van der Waals surface area contributed by atoms with Gasteiger partial charge in [0.05, 0.1) is 17.6 Å². The third-order valence-electron chi connectivity index (χ3n) is 4.68. The zero-order chi connectivity index (χ0) is 16.6. The van der Waals surface area contributed by atoms with E-state index in [-0.39, 0.29) is 11.2 Å². The molecule has 2 aromatic rings. The van der Waals surface area contributed by atoms with Gasteiger partial charge in [0.2, 0.25) is 0 Å². The van der Waals surface area contributed by atoms with Crippen molar-refractivity contribution in [1.82, 2.24) is 9.78 Å². The van der Waals surface area contributed by atoms with Crippen LogP contribution in [0.3, 0.4) is 0 Å². The van der Waals surface area contributed by atoms with E-state index in [1.54, 1.807) is 12.1 Å². The highest BCUT2D eigenvalue weighted by molar-refractivity contribution is 5.60. The predicted octanol–water partition coefficient (Wildman–Crippen LogP) is 3.36. The molecule has 0 bridgehead atoms. The number of fused-ring (bicyclic) bond motifs is 1. The van der Waals surface area contributed by atoms with Gasteiger partial charge in [0, 0.05) is 0 Å². The number of aliphatic hydroxyl groups excluding tert-OH is 1. The first-order chi connectivity index (χ1) is 10.9. The van der Waals surface area contributed by atoms with Crippen LogP contribution in [0.15, 0.2) is 36.0 Å². The van der Waals surface area contributed by atoms with Crippen molar-refractivity contribution in [2.45, 2.75) is 32.8 Å². The smallest absolute Gasteiger partial charge is 0.123 e. The quantitative estimate of drug-likeness (QED) is 0.883. The number of rotatable bonds is 3. The van der Waals surface area contributed by atoms with Crippen molar-refractivity contribution in [1.29, 1.82) is 0 Å². The minimum Gasteiger partial charge on any atom is -0.380 e. The Morgan fingerprint density at radius 1 is 1.43 bits per heavy atom. The fourth-order valence-electron chi connectivity index (χ4n) is 3.13. The van der Waals surface area contributed by atoms with Crippen LogP contribution in [-0.2, 0) is 6.42 Å². The zero-order valence-corrected chi connectivity index (χ0v) is 13.3. The van der Waals surface area contributed by atoms with Gasteiger partial charge in [0.25, 0.3) is 0 Å². The van der Waals surface area contributed by atoms with E-state index in [4.69, 9.17) is 6.42 Å². The first kappa shape index (κ1) is 15.5. The fraction of sp³-hybridized carbons (Fsp3) is 0.316. The maximum Gasteiger partial charge on any atom is 0.123 e. The van der Waals surface area contributed by atoms with Crippen LogP contribution in [0.2, 0.25) is 0 Å². The van der Waals surface area contributed by atoms with Crippen molar-refractivity contribution < 1.29 is 9.50 Å². The van der Waals surface area contributed by atoms with Crippen LogP contribution >= 0.6 is 0 Å². The second-order valence-electron chi connectivity index (χ2n) is 6.39. The maximum absolute atomic E-state index is 13.1. The number of allylic oxidation sites excluding steroid dienone is 1. The molecule has 4 heteroatoms. The second-order valence-corrected chi connectivity index (χ2v) is 6.39. The molecule has 1 aliphatic rings. The molecule has 118 valence electrons. The van der Waals surface area contributed by atoms with E-state index < -0.39 is 6.10 Å². The molecule has 0 amide bonds. The Bertz CT molecular complexity index is 798. The summed E-state index contributed by atoms with van der Waals surface area (Å²) in [6, 6.07) is 6.27. The lowest BCUT2D eigenvalue weighted by Gasteiger charge is -2.34. The van der Waals surface area contributed by atoms with E-state index in [9.17, 15) is 9.50 Å². The largest absolute Gasteiger partial charge is 0.380 e. The molecule has 1 aromatic carbocycles. The Morgan fingerprint density at radius 3 is 2.78 bits per heavy atom. The molecule has 1 heterocycles. The lowest BCUT2D eigenvalue weighted by Crippen LogP contribution is -2.29. The van der Waals surface area contributed by atoms with Crippen LogP contribution in [0.5, 0.6) is 0 Å². The first-order valence-electron chi connectivity index (χ1n) is 7.59. The van der Waals surface area contributed by atoms with E-state index in [0.717, 1.165) is 28.9 Å². The van der Waals surface area contributed by atoms with Crippen molar-refractivity contribution in [2.24, 2.45) is 5.41 Å². The molecule has 3 rings (SSSR count). The molecule has 0 spiro atoms. The molecule has 0 saturated heterocycles. The lowest BCUT2D eigenvalue weighted by molar-refractivity contribution is 0.168. The number of halogens is 1. The molecule has 1 N–H and O–H groups in total. The summed E-state index contributed by atoms with van der Waals surface area (Å²) in [4.78, 5) is 0. The van der Waals surface area contributed by atoms with Crippen molar-refractivity contribution in [3.05, 3.63) is 53.1 Å². The summed E-state index contributed by atoms with van der Waals surface area (Å²) in [5.41, 5.74) is 3.90. The summed E-state index contributed by atoms with van der Waals surface area (Å²) in [6.07, 6.45) is 9.77. The normalized spacial score (nSPS) is 21.3. The number of hydrogen-bond acceptors (Lipinski definition) is 2. The van der Waals surface area contributed by atoms with Crippen molar-refractivity contribution in [3.63, 3.8) is 0 Å².